The van der Waals surface area contributed by atoms with E-state index in [0.29, 0.717) is 52.5 Å². The largest absolute Gasteiger partial charge is 0.447 e. The van der Waals surface area contributed by atoms with E-state index in [1.165, 1.54) is 0 Å². The van der Waals surface area contributed by atoms with Gasteiger partial charge in [-0.05, 0) is 14.0 Å². The van der Waals surface area contributed by atoms with Crippen LogP contribution in [0.2, 0.25) is 0 Å². The zero-order valence-corrected chi connectivity index (χ0v) is 17.6. The SMILES string of the molecule is CCOP(=O)(N(C)CC)N1CCN(C(=O)OCCOCCOCCO)CC1. The highest BCUT2D eigenvalue weighted by atomic mass is 31.2. The molecule has 0 radical (unpaired) electrons. The summed E-state index contributed by atoms with van der Waals surface area (Å²) in [6.45, 7) is 8.04. The second-order valence-corrected chi connectivity index (χ2v) is 8.37. The monoisotopic (exact) mass is 411 g/mol. The van der Waals surface area contributed by atoms with Crippen molar-refractivity contribution in [2.45, 2.75) is 13.8 Å². The van der Waals surface area contributed by atoms with E-state index in [9.17, 15) is 9.36 Å². The van der Waals surface area contributed by atoms with Crippen LogP contribution in [0.5, 0.6) is 0 Å². The first-order chi connectivity index (χ1) is 13.0. The van der Waals surface area contributed by atoms with Crippen LogP contribution in [0.4, 0.5) is 4.79 Å². The van der Waals surface area contributed by atoms with Gasteiger partial charge in [-0.1, -0.05) is 6.92 Å². The Kier molecular flexibility index (Phi) is 12.1. The van der Waals surface area contributed by atoms with E-state index in [4.69, 9.17) is 23.8 Å². The Labute approximate surface area is 161 Å². The predicted octanol–water partition coefficient (Wildman–Crippen LogP) is 0.862. The summed E-state index contributed by atoms with van der Waals surface area (Å²) in [4.78, 5) is 13.7. The molecule has 1 heterocycles. The molecule has 1 atom stereocenters. The summed E-state index contributed by atoms with van der Waals surface area (Å²) in [6.07, 6.45) is -0.398. The lowest BCUT2D eigenvalue weighted by Crippen LogP contribution is -2.49. The summed E-state index contributed by atoms with van der Waals surface area (Å²) in [6, 6.07) is 0. The van der Waals surface area contributed by atoms with E-state index >= 15 is 0 Å². The van der Waals surface area contributed by atoms with E-state index in [1.54, 1.807) is 16.6 Å². The number of rotatable bonds is 13. The van der Waals surface area contributed by atoms with Gasteiger partial charge in [-0.2, -0.15) is 0 Å². The van der Waals surface area contributed by atoms with Gasteiger partial charge in [-0.3, -0.25) is 4.57 Å². The zero-order valence-electron chi connectivity index (χ0n) is 16.7. The van der Waals surface area contributed by atoms with Crippen LogP contribution in [-0.2, 0) is 23.3 Å². The maximum atomic E-state index is 13.2. The molecule has 11 heteroatoms. The lowest BCUT2D eigenvalue weighted by atomic mass is 10.4. The maximum Gasteiger partial charge on any atom is 0.409 e. The molecule has 0 aliphatic carbocycles. The fourth-order valence-corrected chi connectivity index (χ4v) is 4.71. The smallest absolute Gasteiger partial charge is 0.409 e. The van der Waals surface area contributed by atoms with Crippen molar-refractivity contribution in [2.24, 2.45) is 0 Å². The van der Waals surface area contributed by atoms with Gasteiger partial charge >= 0.3 is 13.8 Å². The Morgan fingerprint density at radius 2 is 1.63 bits per heavy atom. The van der Waals surface area contributed by atoms with Crippen LogP contribution in [-0.4, -0.2) is 111 Å². The van der Waals surface area contributed by atoms with Crippen LogP contribution < -0.4 is 0 Å². The molecule has 160 valence electrons. The van der Waals surface area contributed by atoms with E-state index in [2.05, 4.69) is 0 Å². The van der Waals surface area contributed by atoms with Gasteiger partial charge in [0.15, 0.2) is 0 Å². The van der Waals surface area contributed by atoms with Crippen molar-refractivity contribution in [3.05, 3.63) is 0 Å². The number of carbonyl (C=O) groups is 1. The summed E-state index contributed by atoms with van der Waals surface area (Å²) in [7, 11) is -1.26. The Hall–Kier alpha value is -0.740. The van der Waals surface area contributed by atoms with Crippen molar-refractivity contribution < 1.29 is 33.2 Å². The number of nitrogens with zero attached hydrogens (tertiary/aromatic N) is 3. The highest BCUT2D eigenvalue weighted by Gasteiger charge is 2.38. The number of ether oxygens (including phenoxy) is 3. The average molecular weight is 411 g/mol. The number of aliphatic hydroxyl groups is 1. The molecule has 0 aromatic heterocycles. The van der Waals surface area contributed by atoms with Crippen molar-refractivity contribution in [1.29, 1.82) is 0 Å². The highest BCUT2D eigenvalue weighted by Crippen LogP contribution is 2.53. The van der Waals surface area contributed by atoms with Gasteiger partial charge < -0.3 is 28.7 Å². The molecule has 27 heavy (non-hydrogen) atoms. The molecule has 0 aromatic carbocycles. The topological polar surface area (TPSA) is 101 Å². The summed E-state index contributed by atoms with van der Waals surface area (Å²) < 4.78 is 37.8. The second kappa shape index (κ2) is 13.4. The van der Waals surface area contributed by atoms with Gasteiger partial charge in [0.25, 0.3) is 0 Å². The number of piperazine rings is 1. The second-order valence-electron chi connectivity index (χ2n) is 5.89. The van der Waals surface area contributed by atoms with Crippen LogP contribution in [0.25, 0.3) is 0 Å². The van der Waals surface area contributed by atoms with Crippen LogP contribution in [0.15, 0.2) is 0 Å². The van der Waals surface area contributed by atoms with Gasteiger partial charge in [0, 0.05) is 32.7 Å². The minimum absolute atomic E-state index is 0.0143. The van der Waals surface area contributed by atoms with E-state index in [1.807, 2.05) is 18.5 Å². The summed E-state index contributed by atoms with van der Waals surface area (Å²) in [5.41, 5.74) is 0. The summed E-state index contributed by atoms with van der Waals surface area (Å²) in [5.74, 6) is 0. The molecule has 1 fully saturated rings. The minimum Gasteiger partial charge on any atom is -0.447 e. The van der Waals surface area contributed by atoms with Gasteiger partial charge in [0.1, 0.15) is 6.61 Å². The highest BCUT2D eigenvalue weighted by molar-refractivity contribution is 7.53. The molecule has 1 aliphatic heterocycles. The molecule has 0 spiro atoms. The van der Waals surface area contributed by atoms with E-state index < -0.39 is 13.8 Å². The van der Waals surface area contributed by atoms with Crippen molar-refractivity contribution in [2.75, 3.05) is 86.0 Å². The van der Waals surface area contributed by atoms with Crippen molar-refractivity contribution in [1.82, 2.24) is 14.2 Å². The minimum atomic E-state index is -3.04. The number of aliphatic hydroxyl groups excluding tert-OH is 1. The average Bonchev–Trinajstić information content (AvgIpc) is 2.69. The third-order valence-corrected chi connectivity index (χ3v) is 6.97. The standard InChI is InChI=1S/C16H34N3O7P/c1-4-17(3)27(22,26-5-2)19-8-6-18(7-9-19)16(21)25-15-14-24-13-12-23-11-10-20/h20H,4-15H2,1-3H3. The third kappa shape index (κ3) is 8.03. The first-order valence-electron chi connectivity index (χ1n) is 9.39. The molecule has 10 nitrogen and oxygen atoms in total. The first kappa shape index (κ1) is 24.3. The normalized spacial score (nSPS) is 17.9. The van der Waals surface area contributed by atoms with Gasteiger partial charge in [0.05, 0.1) is 39.6 Å². The Balaban J connectivity index is 2.28. The number of hydrogen-bond acceptors (Lipinski definition) is 7. The molecule has 0 bridgehead atoms. The van der Waals surface area contributed by atoms with E-state index in [0.717, 1.165) is 0 Å². The quantitative estimate of drug-likeness (QED) is 0.349. The summed E-state index contributed by atoms with van der Waals surface area (Å²) in [5, 5.41) is 8.56. The van der Waals surface area contributed by atoms with Crippen LogP contribution in [0.3, 0.4) is 0 Å². The molecule has 1 amide bonds. The first-order valence-corrected chi connectivity index (χ1v) is 10.9. The van der Waals surface area contributed by atoms with Crippen molar-refractivity contribution in [3.8, 4) is 0 Å². The molecular formula is C16H34N3O7P. The molecule has 1 aliphatic rings. The Bertz CT molecular complexity index is 461. The fourth-order valence-electron chi connectivity index (χ4n) is 2.54. The molecule has 1 rings (SSSR count). The third-order valence-electron chi connectivity index (χ3n) is 4.12. The van der Waals surface area contributed by atoms with Crippen LogP contribution >= 0.6 is 7.67 Å². The molecule has 1 unspecified atom stereocenters. The Morgan fingerprint density at radius 3 is 2.19 bits per heavy atom. The predicted molar refractivity (Wildman–Crippen MR) is 101 cm³/mol. The molecule has 0 saturated carbocycles. The van der Waals surface area contributed by atoms with Gasteiger partial charge in [-0.25, -0.2) is 14.1 Å². The van der Waals surface area contributed by atoms with Gasteiger partial charge in [0.2, 0.25) is 0 Å². The van der Waals surface area contributed by atoms with Crippen LogP contribution in [0.1, 0.15) is 13.8 Å². The zero-order chi connectivity index (χ0) is 20.1. The van der Waals surface area contributed by atoms with Crippen molar-refractivity contribution >= 4 is 13.8 Å². The van der Waals surface area contributed by atoms with Crippen LogP contribution in [0, 0.1) is 0 Å². The summed E-state index contributed by atoms with van der Waals surface area (Å²) >= 11 is 0. The van der Waals surface area contributed by atoms with Crippen molar-refractivity contribution in [3.63, 3.8) is 0 Å². The number of carbonyl (C=O) groups excluding carboxylic acids is 1. The lowest BCUT2D eigenvalue weighted by molar-refractivity contribution is 0.0127. The molecule has 1 saturated heterocycles. The number of amides is 1. The van der Waals surface area contributed by atoms with E-state index in [-0.39, 0.29) is 26.4 Å². The number of hydrogen-bond donors (Lipinski definition) is 1. The molecule has 1 N–H and O–H groups in total. The molecular weight excluding hydrogens is 377 g/mol. The maximum absolute atomic E-state index is 13.2. The van der Waals surface area contributed by atoms with Gasteiger partial charge in [-0.15, -0.1) is 0 Å². The lowest BCUT2D eigenvalue weighted by Gasteiger charge is -2.40. The Morgan fingerprint density at radius 1 is 1.04 bits per heavy atom. The fraction of sp³-hybridized carbons (Fsp3) is 0.938. The molecule has 0 aromatic rings.